The van der Waals surface area contributed by atoms with Crippen LogP contribution in [0.15, 0.2) is 0 Å². The summed E-state index contributed by atoms with van der Waals surface area (Å²) in [6.45, 7) is 0.0315. The maximum atomic E-state index is 10.3. The lowest BCUT2D eigenvalue weighted by Gasteiger charge is -2.06. The first-order valence-corrected chi connectivity index (χ1v) is 3.33. The third-order valence-corrected chi connectivity index (χ3v) is 1.76. The van der Waals surface area contributed by atoms with Gasteiger partial charge < -0.3 is 10.2 Å². The average Bonchev–Trinajstić information content (AvgIpc) is 2.34. The van der Waals surface area contributed by atoms with Gasteiger partial charge in [0, 0.05) is 6.04 Å². The zero-order valence-electron chi connectivity index (χ0n) is 5.58. The molecule has 0 saturated carbocycles. The van der Waals surface area contributed by atoms with Crippen molar-refractivity contribution in [3.8, 4) is 0 Å². The third-order valence-electron chi connectivity index (χ3n) is 1.76. The second-order valence-electron chi connectivity index (χ2n) is 2.51. The molecule has 0 aliphatic carbocycles. The van der Waals surface area contributed by atoms with E-state index in [-0.39, 0.29) is 12.6 Å². The van der Waals surface area contributed by atoms with Gasteiger partial charge in [0.25, 0.3) is 0 Å². The zero-order valence-corrected chi connectivity index (χ0v) is 5.58. The van der Waals surface area contributed by atoms with Crippen molar-refractivity contribution in [3.05, 3.63) is 0 Å². The molecule has 1 saturated heterocycles. The van der Waals surface area contributed by atoms with Gasteiger partial charge in [0.2, 0.25) is 0 Å². The van der Waals surface area contributed by atoms with E-state index < -0.39 is 12.0 Å². The van der Waals surface area contributed by atoms with Crippen molar-refractivity contribution in [3.63, 3.8) is 0 Å². The number of carboxylic acids is 1. The van der Waals surface area contributed by atoms with Gasteiger partial charge in [-0.3, -0.25) is 10.1 Å². The highest BCUT2D eigenvalue weighted by Crippen LogP contribution is 2.11. The Balaban J connectivity index is 2.35. The zero-order chi connectivity index (χ0) is 7.56. The van der Waals surface area contributed by atoms with E-state index in [0.29, 0.717) is 6.42 Å². The largest absolute Gasteiger partial charge is 0.480 e. The Morgan fingerprint density at radius 1 is 1.60 bits per heavy atom. The minimum Gasteiger partial charge on any atom is -0.480 e. The van der Waals surface area contributed by atoms with Gasteiger partial charge in [0.05, 0.1) is 6.61 Å². The lowest BCUT2D eigenvalue weighted by molar-refractivity contribution is -0.139. The van der Waals surface area contributed by atoms with E-state index in [0.717, 1.165) is 6.42 Å². The van der Waals surface area contributed by atoms with E-state index in [4.69, 9.17) is 10.2 Å². The molecule has 10 heavy (non-hydrogen) atoms. The quantitative estimate of drug-likeness (QED) is 0.475. The van der Waals surface area contributed by atoms with Crippen molar-refractivity contribution in [2.45, 2.75) is 24.9 Å². The Kier molecular flexibility index (Phi) is 2.24. The molecule has 0 amide bonds. The minimum atomic E-state index is -0.823. The van der Waals surface area contributed by atoms with Crippen LogP contribution in [-0.4, -0.2) is 34.9 Å². The molecule has 1 heterocycles. The summed E-state index contributed by atoms with van der Waals surface area (Å²) in [5.74, 6) is -0.823. The molecule has 2 atom stereocenters. The summed E-state index contributed by atoms with van der Waals surface area (Å²) in [5.41, 5.74) is 0. The van der Waals surface area contributed by atoms with Gasteiger partial charge in [-0.15, -0.1) is 0 Å². The summed E-state index contributed by atoms with van der Waals surface area (Å²) >= 11 is 0. The average molecular weight is 145 g/mol. The van der Waals surface area contributed by atoms with Crippen LogP contribution in [0.25, 0.3) is 0 Å². The van der Waals surface area contributed by atoms with Crippen molar-refractivity contribution < 1.29 is 15.0 Å². The minimum absolute atomic E-state index is 0.0129. The molecule has 0 aromatic rings. The van der Waals surface area contributed by atoms with Gasteiger partial charge in [-0.25, -0.2) is 0 Å². The van der Waals surface area contributed by atoms with Gasteiger partial charge in [0.15, 0.2) is 0 Å². The van der Waals surface area contributed by atoms with E-state index >= 15 is 0 Å². The number of hydrogen-bond donors (Lipinski definition) is 3. The summed E-state index contributed by atoms with van der Waals surface area (Å²) in [6.07, 6.45) is 1.38. The molecule has 3 N–H and O–H groups in total. The number of aliphatic hydroxyl groups excluding tert-OH is 1. The smallest absolute Gasteiger partial charge is 0.320 e. The molecule has 1 aliphatic rings. The Morgan fingerprint density at radius 3 is 2.60 bits per heavy atom. The first-order chi connectivity index (χ1) is 4.74. The summed E-state index contributed by atoms with van der Waals surface area (Å²) in [7, 11) is 0. The van der Waals surface area contributed by atoms with E-state index in [1.54, 1.807) is 0 Å². The molecule has 0 aromatic carbocycles. The van der Waals surface area contributed by atoms with Crippen molar-refractivity contribution >= 4 is 5.97 Å². The van der Waals surface area contributed by atoms with Crippen LogP contribution in [0, 0.1) is 0 Å². The Hall–Kier alpha value is -0.610. The van der Waals surface area contributed by atoms with Crippen LogP contribution in [0.5, 0.6) is 0 Å². The highest BCUT2D eigenvalue weighted by Gasteiger charge is 2.27. The molecule has 0 spiro atoms. The summed E-state index contributed by atoms with van der Waals surface area (Å²) < 4.78 is 0. The fourth-order valence-electron chi connectivity index (χ4n) is 1.16. The van der Waals surface area contributed by atoms with Crippen LogP contribution in [0.1, 0.15) is 12.8 Å². The molecule has 0 bridgehead atoms. The van der Waals surface area contributed by atoms with Crippen molar-refractivity contribution in [1.29, 1.82) is 0 Å². The number of hydrogen-bond acceptors (Lipinski definition) is 3. The number of nitrogens with one attached hydrogen (secondary N) is 1. The monoisotopic (exact) mass is 145 g/mol. The first kappa shape index (κ1) is 7.50. The molecule has 0 radical (unpaired) electrons. The van der Waals surface area contributed by atoms with Gasteiger partial charge in [-0.1, -0.05) is 0 Å². The number of aliphatic carboxylic acids is 1. The Labute approximate surface area is 58.9 Å². The fourth-order valence-corrected chi connectivity index (χ4v) is 1.16. The molecular weight excluding hydrogens is 134 g/mol. The van der Waals surface area contributed by atoms with Crippen molar-refractivity contribution in [1.82, 2.24) is 5.32 Å². The predicted octanol–water partition coefficient (Wildman–Crippen LogP) is -0.816. The number of aliphatic hydroxyl groups is 1. The summed E-state index contributed by atoms with van der Waals surface area (Å²) in [6, 6.07) is -0.460. The summed E-state index contributed by atoms with van der Waals surface area (Å²) in [4.78, 5) is 10.3. The SMILES string of the molecule is O=C(O)[C@H]1CC[C@@H](CO)N1. The summed E-state index contributed by atoms with van der Waals surface area (Å²) in [5, 5.41) is 19.9. The van der Waals surface area contributed by atoms with E-state index in [1.165, 1.54) is 0 Å². The lowest BCUT2D eigenvalue weighted by Crippen LogP contribution is -2.36. The van der Waals surface area contributed by atoms with E-state index in [9.17, 15) is 4.79 Å². The lowest BCUT2D eigenvalue weighted by atomic mass is 10.2. The highest BCUT2D eigenvalue weighted by molar-refractivity contribution is 5.73. The topological polar surface area (TPSA) is 69.6 Å². The van der Waals surface area contributed by atoms with Crippen LogP contribution in [0.4, 0.5) is 0 Å². The fraction of sp³-hybridized carbons (Fsp3) is 0.833. The van der Waals surface area contributed by atoms with E-state index in [1.807, 2.05) is 0 Å². The Morgan fingerprint density at radius 2 is 2.30 bits per heavy atom. The molecule has 4 heteroatoms. The van der Waals surface area contributed by atoms with Gasteiger partial charge >= 0.3 is 5.97 Å². The van der Waals surface area contributed by atoms with Crippen LogP contribution >= 0.6 is 0 Å². The number of rotatable bonds is 2. The second-order valence-corrected chi connectivity index (χ2v) is 2.51. The molecule has 58 valence electrons. The first-order valence-electron chi connectivity index (χ1n) is 3.33. The van der Waals surface area contributed by atoms with E-state index in [2.05, 4.69) is 5.32 Å². The Bertz CT molecular complexity index is 137. The molecule has 0 unspecified atom stereocenters. The number of carbonyl (C=O) groups is 1. The van der Waals surface area contributed by atoms with Gasteiger partial charge in [-0.2, -0.15) is 0 Å². The molecule has 0 aromatic heterocycles. The van der Waals surface area contributed by atoms with Crippen LogP contribution in [-0.2, 0) is 4.79 Å². The molecule has 1 rings (SSSR count). The highest BCUT2D eigenvalue weighted by atomic mass is 16.4. The van der Waals surface area contributed by atoms with Crippen LogP contribution < -0.4 is 5.32 Å². The van der Waals surface area contributed by atoms with Gasteiger partial charge in [0.1, 0.15) is 6.04 Å². The standard InChI is InChI=1S/C6H11NO3/c8-3-4-1-2-5(7-4)6(9)10/h4-5,7-8H,1-3H2,(H,9,10)/t4-,5+/m0/s1. The molecule has 1 fully saturated rings. The predicted molar refractivity (Wildman–Crippen MR) is 34.7 cm³/mol. The van der Waals surface area contributed by atoms with Crippen LogP contribution in [0.2, 0.25) is 0 Å². The number of carboxylic acid groups (broad SMARTS) is 1. The van der Waals surface area contributed by atoms with Crippen molar-refractivity contribution in [2.24, 2.45) is 0 Å². The molecule has 4 nitrogen and oxygen atoms in total. The van der Waals surface area contributed by atoms with Gasteiger partial charge in [-0.05, 0) is 12.8 Å². The maximum absolute atomic E-state index is 10.3. The second kappa shape index (κ2) is 2.98. The molecular formula is C6H11NO3. The normalized spacial score (nSPS) is 32.5. The van der Waals surface area contributed by atoms with Crippen LogP contribution in [0.3, 0.4) is 0 Å². The maximum Gasteiger partial charge on any atom is 0.320 e. The van der Waals surface area contributed by atoms with Crippen molar-refractivity contribution in [2.75, 3.05) is 6.61 Å². The molecule has 1 aliphatic heterocycles. The third kappa shape index (κ3) is 1.46.